The van der Waals surface area contributed by atoms with Crippen LogP contribution >= 0.6 is 0 Å². The Morgan fingerprint density at radius 1 is 1.07 bits per heavy atom. The maximum Gasteiger partial charge on any atom is 0.374 e. The minimum absolute atomic E-state index is 0.109. The van der Waals surface area contributed by atoms with Gasteiger partial charge in [0.2, 0.25) is 11.6 Å². The van der Waals surface area contributed by atoms with Crippen molar-refractivity contribution < 1.29 is 27.9 Å². The molecule has 0 aliphatic carbocycles. The van der Waals surface area contributed by atoms with Crippen LogP contribution in [0.2, 0.25) is 0 Å². The third-order valence-corrected chi connectivity index (χ3v) is 4.07. The Morgan fingerprint density at radius 3 is 2.71 bits per heavy atom. The lowest BCUT2D eigenvalue weighted by molar-refractivity contribution is 0.0396. The van der Waals surface area contributed by atoms with Gasteiger partial charge in [-0.25, -0.2) is 4.79 Å². The van der Waals surface area contributed by atoms with Gasteiger partial charge in [0.15, 0.2) is 6.61 Å². The number of ether oxygens (including phenoxy) is 3. The summed E-state index contributed by atoms with van der Waals surface area (Å²) in [6, 6.07) is 14.2. The van der Waals surface area contributed by atoms with Crippen molar-refractivity contribution in [3.8, 4) is 22.9 Å². The van der Waals surface area contributed by atoms with E-state index in [0.29, 0.717) is 28.5 Å². The number of esters is 1. The van der Waals surface area contributed by atoms with Crippen molar-refractivity contribution in [1.29, 1.82) is 0 Å². The number of aromatic nitrogens is 2. The van der Waals surface area contributed by atoms with Crippen LogP contribution in [0, 0.1) is 0 Å². The molecular weight excluding hydrogens is 364 g/mol. The largest absolute Gasteiger partial charge is 0.497 e. The molecule has 0 spiro atoms. The smallest absolute Gasteiger partial charge is 0.374 e. The van der Waals surface area contributed by atoms with Crippen molar-refractivity contribution in [3.05, 3.63) is 60.2 Å². The van der Waals surface area contributed by atoms with Crippen LogP contribution in [-0.4, -0.2) is 30.3 Å². The van der Waals surface area contributed by atoms with E-state index < -0.39 is 5.97 Å². The first-order valence-corrected chi connectivity index (χ1v) is 8.38. The molecular formula is C20H16N2O6. The van der Waals surface area contributed by atoms with Gasteiger partial charge in [-0.2, -0.15) is 4.98 Å². The summed E-state index contributed by atoms with van der Waals surface area (Å²) in [6.07, 6.45) is 0. The predicted octanol–water partition coefficient (Wildman–Crippen LogP) is 3.86. The number of methoxy groups -OCH3 is 2. The third-order valence-electron chi connectivity index (χ3n) is 4.07. The average Bonchev–Trinajstić information content (AvgIpc) is 3.38. The summed E-state index contributed by atoms with van der Waals surface area (Å²) >= 11 is 0. The fourth-order valence-electron chi connectivity index (χ4n) is 2.69. The number of hydrogen-bond acceptors (Lipinski definition) is 8. The van der Waals surface area contributed by atoms with Gasteiger partial charge < -0.3 is 23.2 Å². The molecule has 0 saturated heterocycles. The molecule has 4 rings (SSSR count). The fourth-order valence-corrected chi connectivity index (χ4v) is 2.69. The topological polar surface area (TPSA) is 96.8 Å². The van der Waals surface area contributed by atoms with E-state index in [4.69, 9.17) is 23.2 Å². The van der Waals surface area contributed by atoms with Gasteiger partial charge >= 0.3 is 5.97 Å². The zero-order chi connectivity index (χ0) is 19.5. The predicted molar refractivity (Wildman–Crippen MR) is 98.2 cm³/mol. The molecule has 0 atom stereocenters. The molecule has 0 unspecified atom stereocenters. The van der Waals surface area contributed by atoms with Crippen molar-refractivity contribution in [2.45, 2.75) is 6.61 Å². The standard InChI is InChI=1S/C20H16N2O6/c1-24-13-7-8-14(16(10-13)25-2)19-21-18(28-22-19)11-26-20(23)17-9-12-5-3-4-6-15(12)27-17/h3-10H,11H2,1-2H3. The molecule has 142 valence electrons. The molecule has 4 aromatic rings. The highest BCUT2D eigenvalue weighted by molar-refractivity contribution is 5.92. The number of fused-ring (bicyclic) bond motifs is 1. The van der Waals surface area contributed by atoms with Crippen LogP contribution in [0.3, 0.4) is 0 Å². The van der Waals surface area contributed by atoms with Crippen LogP contribution in [0.4, 0.5) is 0 Å². The molecule has 0 aliphatic rings. The second-order valence-corrected chi connectivity index (χ2v) is 5.80. The fraction of sp³-hybridized carbons (Fsp3) is 0.150. The Bertz CT molecular complexity index is 1100. The summed E-state index contributed by atoms with van der Waals surface area (Å²) in [5.74, 6) is 1.14. The summed E-state index contributed by atoms with van der Waals surface area (Å²) in [7, 11) is 3.10. The van der Waals surface area contributed by atoms with E-state index in [1.54, 1.807) is 37.4 Å². The lowest BCUT2D eigenvalue weighted by atomic mass is 10.2. The minimum atomic E-state index is -0.613. The minimum Gasteiger partial charge on any atom is -0.497 e. The van der Waals surface area contributed by atoms with E-state index in [2.05, 4.69) is 10.1 Å². The zero-order valence-electron chi connectivity index (χ0n) is 15.2. The Labute approximate surface area is 159 Å². The summed E-state index contributed by atoms with van der Waals surface area (Å²) in [6.45, 7) is -0.179. The SMILES string of the molecule is COc1ccc(-c2noc(COC(=O)c3cc4ccccc4o3)n2)c(OC)c1. The summed E-state index contributed by atoms with van der Waals surface area (Å²) in [5, 5.41) is 4.73. The molecule has 0 radical (unpaired) electrons. The molecule has 0 fully saturated rings. The molecule has 28 heavy (non-hydrogen) atoms. The van der Waals surface area contributed by atoms with Crippen molar-refractivity contribution in [3.63, 3.8) is 0 Å². The number of hydrogen-bond donors (Lipinski definition) is 0. The molecule has 8 heteroatoms. The number of nitrogens with zero attached hydrogens (tertiary/aromatic N) is 2. The van der Waals surface area contributed by atoms with Gasteiger partial charge in [0.25, 0.3) is 5.89 Å². The van der Waals surface area contributed by atoms with Crippen LogP contribution in [-0.2, 0) is 11.3 Å². The highest BCUT2D eigenvalue weighted by atomic mass is 16.6. The maximum absolute atomic E-state index is 12.2. The normalized spacial score (nSPS) is 10.8. The van der Waals surface area contributed by atoms with Crippen LogP contribution in [0.25, 0.3) is 22.4 Å². The van der Waals surface area contributed by atoms with Crippen molar-refractivity contribution in [2.24, 2.45) is 0 Å². The van der Waals surface area contributed by atoms with Gasteiger partial charge in [-0.1, -0.05) is 23.4 Å². The van der Waals surface area contributed by atoms with E-state index in [1.807, 2.05) is 18.2 Å². The number of rotatable bonds is 6. The maximum atomic E-state index is 12.2. The van der Waals surface area contributed by atoms with Gasteiger partial charge in [-0.15, -0.1) is 0 Å². The van der Waals surface area contributed by atoms with E-state index in [1.165, 1.54) is 7.11 Å². The summed E-state index contributed by atoms with van der Waals surface area (Å²) in [5.41, 5.74) is 1.24. The lowest BCUT2D eigenvalue weighted by Crippen LogP contribution is -2.04. The number of carbonyl (C=O) groups excluding carboxylic acids is 1. The van der Waals surface area contributed by atoms with E-state index in [0.717, 1.165) is 5.39 Å². The first-order valence-electron chi connectivity index (χ1n) is 8.38. The van der Waals surface area contributed by atoms with Gasteiger partial charge in [0.1, 0.15) is 17.1 Å². The lowest BCUT2D eigenvalue weighted by Gasteiger charge is -2.07. The monoisotopic (exact) mass is 380 g/mol. The van der Waals surface area contributed by atoms with Gasteiger partial charge in [-0.05, 0) is 24.3 Å². The number of benzene rings is 2. The van der Waals surface area contributed by atoms with Crippen molar-refractivity contribution in [1.82, 2.24) is 10.1 Å². The molecule has 8 nitrogen and oxygen atoms in total. The van der Waals surface area contributed by atoms with Gasteiger partial charge in [0.05, 0.1) is 19.8 Å². The molecule has 2 heterocycles. The van der Waals surface area contributed by atoms with Crippen LogP contribution < -0.4 is 9.47 Å². The molecule has 0 aliphatic heterocycles. The second kappa shape index (κ2) is 7.43. The molecule has 0 bridgehead atoms. The summed E-state index contributed by atoms with van der Waals surface area (Å²) < 4.78 is 26.4. The number of para-hydroxylation sites is 1. The van der Waals surface area contributed by atoms with E-state index >= 15 is 0 Å². The van der Waals surface area contributed by atoms with Gasteiger partial charge in [-0.3, -0.25) is 0 Å². The first-order chi connectivity index (χ1) is 13.7. The van der Waals surface area contributed by atoms with Crippen LogP contribution in [0.1, 0.15) is 16.4 Å². The average molecular weight is 380 g/mol. The summed E-state index contributed by atoms with van der Waals surface area (Å²) in [4.78, 5) is 16.4. The first kappa shape index (κ1) is 17.6. The van der Waals surface area contributed by atoms with Crippen molar-refractivity contribution >= 4 is 16.9 Å². The van der Waals surface area contributed by atoms with Crippen LogP contribution in [0.5, 0.6) is 11.5 Å². The second-order valence-electron chi connectivity index (χ2n) is 5.80. The molecule has 0 saturated carbocycles. The van der Waals surface area contributed by atoms with Crippen LogP contribution in [0.15, 0.2) is 57.5 Å². The Hall–Kier alpha value is -3.81. The van der Waals surface area contributed by atoms with Crippen molar-refractivity contribution in [2.75, 3.05) is 14.2 Å². The molecule has 2 aromatic carbocycles. The van der Waals surface area contributed by atoms with Gasteiger partial charge in [0, 0.05) is 11.5 Å². The molecule has 0 N–H and O–H groups in total. The highest BCUT2D eigenvalue weighted by Gasteiger charge is 2.18. The Kier molecular flexibility index (Phi) is 4.67. The Balaban J connectivity index is 1.47. The molecule has 2 aromatic heterocycles. The van der Waals surface area contributed by atoms with E-state index in [-0.39, 0.29) is 18.3 Å². The Morgan fingerprint density at radius 2 is 1.93 bits per heavy atom. The quantitative estimate of drug-likeness (QED) is 0.465. The number of carbonyl (C=O) groups is 1. The van der Waals surface area contributed by atoms with E-state index in [9.17, 15) is 4.79 Å². The number of furan rings is 1. The molecule has 0 amide bonds. The third kappa shape index (κ3) is 3.39. The highest BCUT2D eigenvalue weighted by Crippen LogP contribution is 2.31. The zero-order valence-corrected chi connectivity index (χ0v) is 15.2.